The van der Waals surface area contributed by atoms with Gasteiger partial charge >= 0.3 is 0 Å². The third-order valence-electron chi connectivity index (χ3n) is 3.12. The Hall–Kier alpha value is -0.870. The van der Waals surface area contributed by atoms with Crippen molar-refractivity contribution >= 4 is 0 Å². The van der Waals surface area contributed by atoms with E-state index in [-0.39, 0.29) is 6.10 Å². The van der Waals surface area contributed by atoms with Crippen LogP contribution in [0, 0.1) is 0 Å². The van der Waals surface area contributed by atoms with Crippen molar-refractivity contribution in [3.63, 3.8) is 0 Å². The number of aryl methyl sites for hydroxylation is 1. The van der Waals surface area contributed by atoms with Crippen LogP contribution >= 0.6 is 0 Å². The van der Waals surface area contributed by atoms with E-state index in [1.54, 1.807) is 0 Å². The number of aromatic nitrogens is 2. The van der Waals surface area contributed by atoms with Gasteiger partial charge in [-0.3, -0.25) is 4.90 Å². The largest absolute Gasteiger partial charge is 0.392 e. The van der Waals surface area contributed by atoms with E-state index in [1.807, 2.05) is 20.3 Å². The van der Waals surface area contributed by atoms with Crippen molar-refractivity contribution in [2.75, 3.05) is 13.1 Å². The van der Waals surface area contributed by atoms with Crippen molar-refractivity contribution in [2.24, 2.45) is 7.05 Å². The average molecular weight is 209 g/mol. The first kappa shape index (κ1) is 10.6. The lowest BCUT2D eigenvalue weighted by Gasteiger charge is -2.28. The second-order valence-electron chi connectivity index (χ2n) is 4.30. The molecule has 0 amide bonds. The first-order chi connectivity index (χ1) is 7.20. The molecular weight excluding hydrogens is 190 g/mol. The minimum absolute atomic E-state index is 0.199. The van der Waals surface area contributed by atoms with Gasteiger partial charge in [0.15, 0.2) is 0 Å². The molecule has 1 aromatic heterocycles. The van der Waals surface area contributed by atoms with Gasteiger partial charge in [-0.05, 0) is 6.42 Å². The molecule has 15 heavy (non-hydrogen) atoms. The topological polar surface area (TPSA) is 41.3 Å². The summed E-state index contributed by atoms with van der Waals surface area (Å²) < 4.78 is 2.10. The number of aliphatic hydroxyl groups is 1. The molecular formula is C11H19N3O. The Morgan fingerprint density at radius 1 is 1.60 bits per heavy atom. The van der Waals surface area contributed by atoms with Crippen LogP contribution in [0.2, 0.25) is 0 Å². The van der Waals surface area contributed by atoms with Crippen molar-refractivity contribution in [1.82, 2.24) is 14.5 Å². The van der Waals surface area contributed by atoms with Gasteiger partial charge in [-0.2, -0.15) is 0 Å². The molecule has 0 fully saturated rings. The van der Waals surface area contributed by atoms with Crippen molar-refractivity contribution in [3.8, 4) is 0 Å². The van der Waals surface area contributed by atoms with E-state index >= 15 is 0 Å². The average Bonchev–Trinajstić information content (AvgIpc) is 2.60. The van der Waals surface area contributed by atoms with E-state index in [0.717, 1.165) is 32.5 Å². The molecule has 2 rings (SSSR count). The van der Waals surface area contributed by atoms with Crippen LogP contribution in [0.25, 0.3) is 0 Å². The molecule has 1 aliphatic heterocycles. The number of hydrogen-bond acceptors (Lipinski definition) is 3. The van der Waals surface area contributed by atoms with E-state index < -0.39 is 0 Å². The summed E-state index contributed by atoms with van der Waals surface area (Å²) in [5.41, 5.74) is 2.52. The Balaban J connectivity index is 2.00. The lowest BCUT2D eigenvalue weighted by molar-refractivity contribution is 0.101. The van der Waals surface area contributed by atoms with E-state index in [0.29, 0.717) is 0 Å². The molecule has 1 unspecified atom stereocenters. The van der Waals surface area contributed by atoms with Crippen LogP contribution in [0.4, 0.5) is 0 Å². The van der Waals surface area contributed by atoms with Gasteiger partial charge in [-0.15, -0.1) is 0 Å². The Labute approximate surface area is 90.5 Å². The Morgan fingerprint density at radius 3 is 3.13 bits per heavy atom. The van der Waals surface area contributed by atoms with Crippen molar-refractivity contribution in [3.05, 3.63) is 17.7 Å². The fraction of sp³-hybridized carbons (Fsp3) is 0.727. The first-order valence-electron chi connectivity index (χ1n) is 5.60. The van der Waals surface area contributed by atoms with Crippen LogP contribution < -0.4 is 0 Å². The number of hydrogen-bond donors (Lipinski definition) is 1. The number of aliphatic hydroxyl groups excluding tert-OH is 1. The Kier molecular flexibility index (Phi) is 3.07. The number of rotatable bonds is 3. The highest BCUT2D eigenvalue weighted by molar-refractivity contribution is 5.16. The zero-order chi connectivity index (χ0) is 10.8. The van der Waals surface area contributed by atoms with Crippen molar-refractivity contribution < 1.29 is 5.11 Å². The van der Waals surface area contributed by atoms with Gasteiger partial charge in [0, 0.05) is 38.8 Å². The summed E-state index contributed by atoms with van der Waals surface area (Å²) in [6, 6.07) is 0. The fourth-order valence-corrected chi connectivity index (χ4v) is 2.09. The third kappa shape index (κ3) is 2.21. The van der Waals surface area contributed by atoms with Gasteiger partial charge in [0.2, 0.25) is 0 Å². The van der Waals surface area contributed by atoms with Crippen LogP contribution in [0.5, 0.6) is 0 Å². The maximum atomic E-state index is 9.60. The molecule has 84 valence electrons. The molecule has 1 atom stereocenters. The summed E-state index contributed by atoms with van der Waals surface area (Å²) in [6.07, 6.45) is 3.55. The second-order valence-corrected chi connectivity index (χ2v) is 4.30. The zero-order valence-electron chi connectivity index (χ0n) is 9.48. The summed E-state index contributed by atoms with van der Waals surface area (Å²) in [6.45, 7) is 4.70. The van der Waals surface area contributed by atoms with E-state index in [1.165, 1.54) is 11.4 Å². The smallest absolute Gasteiger partial charge is 0.0949 e. The van der Waals surface area contributed by atoms with Crippen molar-refractivity contribution in [1.29, 1.82) is 0 Å². The maximum Gasteiger partial charge on any atom is 0.0949 e. The third-order valence-corrected chi connectivity index (χ3v) is 3.12. The number of imidazole rings is 1. The quantitative estimate of drug-likeness (QED) is 0.790. The maximum absolute atomic E-state index is 9.60. The number of β-amino-alcohol motifs (C(OH)–C–C–N with tert-alkyl or cyclic N) is 1. The molecule has 4 nitrogen and oxygen atoms in total. The second kappa shape index (κ2) is 4.33. The lowest BCUT2D eigenvalue weighted by Crippen LogP contribution is -2.36. The van der Waals surface area contributed by atoms with Crippen molar-refractivity contribution in [2.45, 2.75) is 32.4 Å². The zero-order valence-corrected chi connectivity index (χ0v) is 9.48. The molecule has 0 aromatic carbocycles. The van der Waals surface area contributed by atoms with E-state index in [9.17, 15) is 5.11 Å². The first-order valence-corrected chi connectivity index (χ1v) is 5.60. The van der Waals surface area contributed by atoms with Crippen LogP contribution in [-0.2, 0) is 20.0 Å². The van der Waals surface area contributed by atoms with Gasteiger partial charge < -0.3 is 9.67 Å². The number of fused-ring (bicyclic) bond motifs is 1. The molecule has 0 spiro atoms. The predicted molar refractivity (Wildman–Crippen MR) is 58.5 cm³/mol. The molecule has 0 radical (unpaired) electrons. The summed E-state index contributed by atoms with van der Waals surface area (Å²) in [4.78, 5) is 6.66. The van der Waals surface area contributed by atoms with Gasteiger partial charge in [-0.1, -0.05) is 6.92 Å². The Bertz CT molecular complexity index is 335. The summed E-state index contributed by atoms with van der Waals surface area (Å²) >= 11 is 0. The fourth-order valence-electron chi connectivity index (χ4n) is 2.09. The van der Waals surface area contributed by atoms with Crippen LogP contribution in [0.3, 0.4) is 0 Å². The van der Waals surface area contributed by atoms with Gasteiger partial charge in [0.05, 0.1) is 18.1 Å². The highest BCUT2D eigenvalue weighted by Gasteiger charge is 2.20. The molecule has 0 saturated carbocycles. The van der Waals surface area contributed by atoms with E-state index in [2.05, 4.69) is 14.5 Å². The number of nitrogens with zero attached hydrogens (tertiary/aromatic N) is 3. The SMILES string of the molecule is CCC(O)CN1CCc2c(ncn2C)C1. The molecule has 4 heteroatoms. The summed E-state index contributed by atoms with van der Waals surface area (Å²) in [5.74, 6) is 0. The Morgan fingerprint density at radius 2 is 2.40 bits per heavy atom. The monoisotopic (exact) mass is 209 g/mol. The van der Waals surface area contributed by atoms with Gasteiger partial charge in [0.1, 0.15) is 0 Å². The standard InChI is InChI=1S/C11H19N3O/c1-3-9(15)6-14-5-4-11-10(7-14)12-8-13(11)2/h8-9,15H,3-7H2,1-2H3. The summed E-state index contributed by atoms with van der Waals surface area (Å²) in [5, 5.41) is 9.60. The van der Waals surface area contributed by atoms with Crippen LogP contribution in [-0.4, -0.2) is 38.8 Å². The molecule has 2 heterocycles. The molecule has 1 N–H and O–H groups in total. The normalized spacial score (nSPS) is 18.9. The lowest BCUT2D eigenvalue weighted by atomic mass is 10.1. The minimum atomic E-state index is -0.199. The van der Waals surface area contributed by atoms with E-state index in [4.69, 9.17) is 0 Å². The van der Waals surface area contributed by atoms with Crippen LogP contribution in [0.15, 0.2) is 6.33 Å². The van der Waals surface area contributed by atoms with Crippen LogP contribution in [0.1, 0.15) is 24.7 Å². The molecule has 0 bridgehead atoms. The molecule has 0 saturated heterocycles. The highest BCUT2D eigenvalue weighted by Crippen LogP contribution is 2.17. The van der Waals surface area contributed by atoms with Gasteiger partial charge in [-0.25, -0.2) is 4.98 Å². The molecule has 1 aromatic rings. The molecule has 1 aliphatic rings. The minimum Gasteiger partial charge on any atom is -0.392 e. The summed E-state index contributed by atoms with van der Waals surface area (Å²) in [7, 11) is 2.04. The predicted octanol–water partition coefficient (Wildman–Crippen LogP) is 0.549. The highest BCUT2D eigenvalue weighted by atomic mass is 16.3. The van der Waals surface area contributed by atoms with Gasteiger partial charge in [0.25, 0.3) is 0 Å². The molecule has 0 aliphatic carbocycles.